The van der Waals surface area contributed by atoms with Gasteiger partial charge < -0.3 is 20.7 Å². The molecule has 2 rings (SSSR count). The summed E-state index contributed by atoms with van der Waals surface area (Å²) in [5.74, 6) is 0.490. The van der Waals surface area contributed by atoms with Crippen LogP contribution in [0.3, 0.4) is 0 Å². The molecule has 6 nitrogen and oxygen atoms in total. The molecule has 0 spiro atoms. The molecule has 0 radical (unpaired) electrons. The van der Waals surface area contributed by atoms with Gasteiger partial charge in [-0.25, -0.2) is 0 Å². The van der Waals surface area contributed by atoms with Crippen LogP contribution in [0.15, 0.2) is 48.5 Å². The summed E-state index contributed by atoms with van der Waals surface area (Å²) in [6, 6.07) is 14.6. The number of rotatable bonds is 9. The Morgan fingerprint density at radius 2 is 1.67 bits per heavy atom. The van der Waals surface area contributed by atoms with Crippen molar-refractivity contribution in [1.29, 1.82) is 0 Å². The van der Waals surface area contributed by atoms with E-state index in [1.807, 2.05) is 56.3 Å². The van der Waals surface area contributed by atoms with Gasteiger partial charge in [-0.1, -0.05) is 26.8 Å². The van der Waals surface area contributed by atoms with E-state index in [9.17, 15) is 9.59 Å². The molecule has 144 valence electrons. The second-order valence-corrected chi connectivity index (χ2v) is 6.50. The fraction of sp³-hybridized carbons (Fsp3) is 0.333. The number of ether oxygens (including phenoxy) is 1. The average Bonchev–Trinajstić information content (AvgIpc) is 2.66. The Hall–Kier alpha value is -3.02. The second-order valence-electron chi connectivity index (χ2n) is 6.50. The van der Waals surface area contributed by atoms with Crippen molar-refractivity contribution in [1.82, 2.24) is 0 Å². The number of anilines is 3. The number of carbonyl (C=O) groups is 2. The first-order valence-electron chi connectivity index (χ1n) is 9.15. The second kappa shape index (κ2) is 10.2. The predicted octanol–water partition coefficient (Wildman–Crippen LogP) is 4.12. The van der Waals surface area contributed by atoms with Crippen molar-refractivity contribution in [3.63, 3.8) is 0 Å². The lowest BCUT2D eigenvalue weighted by atomic mass is 10.2. The first kappa shape index (κ1) is 20.3. The minimum atomic E-state index is -0.158. The van der Waals surface area contributed by atoms with Gasteiger partial charge in [0, 0.05) is 23.0 Å². The minimum absolute atomic E-state index is 0.0451. The highest BCUT2D eigenvalue weighted by molar-refractivity contribution is 5.94. The summed E-state index contributed by atoms with van der Waals surface area (Å²) in [6.45, 7) is 6.52. The summed E-state index contributed by atoms with van der Waals surface area (Å²) in [7, 11) is 0. The van der Waals surface area contributed by atoms with Gasteiger partial charge in [0.2, 0.25) is 11.8 Å². The van der Waals surface area contributed by atoms with Crippen LogP contribution < -0.4 is 20.7 Å². The molecule has 0 unspecified atom stereocenters. The molecule has 0 atom stereocenters. The molecule has 0 saturated heterocycles. The first-order valence-corrected chi connectivity index (χ1v) is 9.15. The predicted molar refractivity (Wildman–Crippen MR) is 109 cm³/mol. The molecule has 0 bridgehead atoms. The van der Waals surface area contributed by atoms with Gasteiger partial charge in [0.25, 0.3) is 0 Å². The fourth-order valence-corrected chi connectivity index (χ4v) is 2.24. The Morgan fingerprint density at radius 1 is 0.963 bits per heavy atom. The van der Waals surface area contributed by atoms with Crippen LogP contribution in [0.2, 0.25) is 0 Å². The molecule has 0 aromatic heterocycles. The molecule has 0 aliphatic rings. The summed E-state index contributed by atoms with van der Waals surface area (Å²) < 4.78 is 5.52. The number of benzene rings is 2. The van der Waals surface area contributed by atoms with Crippen LogP contribution in [0.1, 0.15) is 27.2 Å². The number of nitrogens with one attached hydrogen (secondary N) is 3. The molecule has 0 heterocycles. The molecule has 2 aromatic rings. The van der Waals surface area contributed by atoms with Crippen molar-refractivity contribution in [2.45, 2.75) is 27.2 Å². The molecule has 2 aromatic carbocycles. The smallest absolute Gasteiger partial charge is 0.243 e. The first-order chi connectivity index (χ1) is 13.0. The van der Waals surface area contributed by atoms with E-state index in [-0.39, 0.29) is 24.3 Å². The lowest BCUT2D eigenvalue weighted by Gasteiger charge is -2.11. The zero-order chi connectivity index (χ0) is 19.6. The Labute approximate surface area is 160 Å². The van der Waals surface area contributed by atoms with E-state index >= 15 is 0 Å². The maximum absolute atomic E-state index is 12.1. The number of hydrogen-bond donors (Lipinski definition) is 3. The Morgan fingerprint density at radius 3 is 2.33 bits per heavy atom. The van der Waals surface area contributed by atoms with Gasteiger partial charge in [0.1, 0.15) is 5.75 Å². The Kier molecular flexibility index (Phi) is 7.67. The van der Waals surface area contributed by atoms with E-state index in [4.69, 9.17) is 4.74 Å². The third-order valence-electron chi connectivity index (χ3n) is 3.72. The van der Waals surface area contributed by atoms with E-state index < -0.39 is 0 Å². The van der Waals surface area contributed by atoms with Gasteiger partial charge >= 0.3 is 0 Å². The van der Waals surface area contributed by atoms with Crippen LogP contribution in [-0.4, -0.2) is 25.0 Å². The topological polar surface area (TPSA) is 79.5 Å². The fourth-order valence-electron chi connectivity index (χ4n) is 2.24. The van der Waals surface area contributed by atoms with E-state index in [1.165, 1.54) is 0 Å². The van der Waals surface area contributed by atoms with Gasteiger partial charge in [-0.3, -0.25) is 9.59 Å². The molecule has 0 aliphatic carbocycles. The lowest BCUT2D eigenvalue weighted by molar-refractivity contribution is -0.119. The SMILES string of the molecule is CCCOc1ccc(NC(=O)CNc2cccc(NC(=O)C(C)C)c2)cc1. The van der Waals surface area contributed by atoms with Gasteiger partial charge in [0.05, 0.1) is 13.2 Å². The highest BCUT2D eigenvalue weighted by Crippen LogP contribution is 2.17. The number of hydrogen-bond acceptors (Lipinski definition) is 4. The van der Waals surface area contributed by atoms with Crippen LogP contribution in [0.25, 0.3) is 0 Å². The normalized spacial score (nSPS) is 10.4. The minimum Gasteiger partial charge on any atom is -0.494 e. The summed E-state index contributed by atoms with van der Waals surface area (Å²) in [6.07, 6.45) is 0.951. The highest BCUT2D eigenvalue weighted by Gasteiger charge is 2.08. The maximum Gasteiger partial charge on any atom is 0.243 e. The zero-order valence-electron chi connectivity index (χ0n) is 16.0. The average molecular weight is 369 g/mol. The lowest BCUT2D eigenvalue weighted by Crippen LogP contribution is -2.22. The van der Waals surface area contributed by atoms with Crippen LogP contribution >= 0.6 is 0 Å². The third-order valence-corrected chi connectivity index (χ3v) is 3.72. The van der Waals surface area contributed by atoms with Crippen LogP contribution in [0, 0.1) is 5.92 Å². The van der Waals surface area contributed by atoms with Crippen molar-refractivity contribution < 1.29 is 14.3 Å². The van der Waals surface area contributed by atoms with Crippen LogP contribution in [-0.2, 0) is 9.59 Å². The molecule has 0 aliphatic heterocycles. The molecule has 0 saturated carbocycles. The van der Waals surface area contributed by atoms with Crippen LogP contribution in [0.5, 0.6) is 5.75 Å². The maximum atomic E-state index is 12.1. The van der Waals surface area contributed by atoms with Crippen molar-refractivity contribution >= 4 is 28.9 Å². The Bertz CT molecular complexity index is 758. The molecule has 27 heavy (non-hydrogen) atoms. The largest absolute Gasteiger partial charge is 0.494 e. The zero-order valence-corrected chi connectivity index (χ0v) is 16.0. The van der Waals surface area contributed by atoms with Crippen molar-refractivity contribution in [2.24, 2.45) is 5.92 Å². The van der Waals surface area contributed by atoms with Crippen molar-refractivity contribution in [2.75, 3.05) is 29.1 Å². The Balaban J connectivity index is 1.84. The van der Waals surface area contributed by atoms with E-state index in [0.29, 0.717) is 18.0 Å². The molecule has 0 fully saturated rings. The highest BCUT2D eigenvalue weighted by atomic mass is 16.5. The summed E-state index contributed by atoms with van der Waals surface area (Å²) in [4.78, 5) is 23.9. The van der Waals surface area contributed by atoms with E-state index in [2.05, 4.69) is 22.9 Å². The number of carbonyl (C=O) groups excluding carboxylic acids is 2. The monoisotopic (exact) mass is 369 g/mol. The summed E-state index contributed by atoms with van der Waals surface area (Å²) in [5, 5.41) is 8.73. The van der Waals surface area contributed by atoms with E-state index in [1.54, 1.807) is 6.07 Å². The standard InChI is InChI=1S/C21H27N3O3/c1-4-12-27-19-10-8-16(9-11-19)23-20(25)14-22-17-6-5-7-18(13-17)24-21(26)15(2)3/h5-11,13,15,22H,4,12,14H2,1-3H3,(H,23,25)(H,24,26). The molecular formula is C21H27N3O3. The van der Waals surface area contributed by atoms with Crippen LogP contribution in [0.4, 0.5) is 17.1 Å². The molecule has 2 amide bonds. The summed E-state index contributed by atoms with van der Waals surface area (Å²) in [5.41, 5.74) is 2.17. The summed E-state index contributed by atoms with van der Waals surface area (Å²) >= 11 is 0. The quantitative estimate of drug-likeness (QED) is 0.621. The van der Waals surface area contributed by atoms with Gasteiger partial charge in [-0.15, -0.1) is 0 Å². The van der Waals surface area contributed by atoms with E-state index in [0.717, 1.165) is 17.9 Å². The van der Waals surface area contributed by atoms with Gasteiger partial charge in [-0.2, -0.15) is 0 Å². The van der Waals surface area contributed by atoms with Crippen molar-refractivity contribution in [3.05, 3.63) is 48.5 Å². The van der Waals surface area contributed by atoms with Crippen molar-refractivity contribution in [3.8, 4) is 5.75 Å². The molecular weight excluding hydrogens is 342 g/mol. The molecule has 6 heteroatoms. The third kappa shape index (κ3) is 7.01. The molecule has 3 N–H and O–H groups in total. The van der Waals surface area contributed by atoms with Gasteiger partial charge in [0.15, 0.2) is 0 Å². The number of amides is 2. The van der Waals surface area contributed by atoms with Gasteiger partial charge in [-0.05, 0) is 48.9 Å².